The van der Waals surface area contributed by atoms with Crippen molar-refractivity contribution in [2.45, 2.75) is 4.90 Å². The Balaban J connectivity index is 1.58. The van der Waals surface area contributed by atoms with Gasteiger partial charge in [-0.05, 0) is 24.3 Å². The van der Waals surface area contributed by atoms with Gasteiger partial charge >= 0.3 is 0 Å². The average Bonchev–Trinajstić information content (AvgIpc) is 2.63. The highest BCUT2D eigenvalue weighted by atomic mass is 32.2. The second kappa shape index (κ2) is 8.24. The van der Waals surface area contributed by atoms with E-state index in [1.54, 1.807) is 12.1 Å². The lowest BCUT2D eigenvalue weighted by Crippen LogP contribution is -2.41. The number of hydrogen-bond acceptors (Lipinski definition) is 6. The quantitative estimate of drug-likeness (QED) is 0.785. The van der Waals surface area contributed by atoms with Crippen LogP contribution < -0.4 is 5.32 Å². The fraction of sp³-hybridized carbons (Fsp3) is 0.562. The van der Waals surface area contributed by atoms with Gasteiger partial charge in [-0.25, -0.2) is 8.42 Å². The minimum absolute atomic E-state index is 0.120. The van der Waals surface area contributed by atoms with Crippen LogP contribution in [0.25, 0.3) is 0 Å². The summed E-state index contributed by atoms with van der Waals surface area (Å²) in [5.41, 5.74) is 0.583. The van der Waals surface area contributed by atoms with Crippen LogP contribution in [0.3, 0.4) is 0 Å². The third-order valence-electron chi connectivity index (χ3n) is 4.22. The van der Waals surface area contributed by atoms with Gasteiger partial charge in [0.1, 0.15) is 0 Å². The highest BCUT2D eigenvalue weighted by molar-refractivity contribution is 7.89. The van der Waals surface area contributed by atoms with Gasteiger partial charge in [-0.3, -0.25) is 9.69 Å². The van der Waals surface area contributed by atoms with Gasteiger partial charge in [0.2, 0.25) is 15.9 Å². The Kier molecular flexibility index (Phi) is 6.02. The molecule has 0 atom stereocenters. The third-order valence-corrected chi connectivity index (χ3v) is 6.13. The van der Waals surface area contributed by atoms with E-state index in [4.69, 9.17) is 9.47 Å². The molecule has 138 valence electrons. The maximum Gasteiger partial charge on any atom is 0.243 e. The van der Waals surface area contributed by atoms with E-state index in [2.05, 4.69) is 5.32 Å². The molecule has 0 aromatic heterocycles. The molecule has 2 saturated heterocycles. The van der Waals surface area contributed by atoms with Crippen molar-refractivity contribution in [1.29, 1.82) is 0 Å². The number of anilines is 1. The summed E-state index contributed by atoms with van der Waals surface area (Å²) in [5.74, 6) is -0.120. The van der Waals surface area contributed by atoms with Crippen LogP contribution in [-0.4, -0.2) is 82.7 Å². The molecule has 3 rings (SSSR count). The number of carbonyl (C=O) groups excluding carboxylic acids is 1. The molecule has 2 fully saturated rings. The van der Waals surface area contributed by atoms with E-state index >= 15 is 0 Å². The van der Waals surface area contributed by atoms with Gasteiger partial charge < -0.3 is 14.8 Å². The minimum atomic E-state index is -3.51. The van der Waals surface area contributed by atoms with Crippen molar-refractivity contribution in [3.8, 4) is 0 Å². The average molecular weight is 369 g/mol. The van der Waals surface area contributed by atoms with Gasteiger partial charge in [0.15, 0.2) is 0 Å². The number of morpholine rings is 2. The predicted octanol–water partition coefficient (Wildman–Crippen LogP) is -0.0218. The molecule has 2 aliphatic rings. The van der Waals surface area contributed by atoms with Crippen LogP contribution >= 0.6 is 0 Å². The molecule has 0 saturated carbocycles. The van der Waals surface area contributed by atoms with Crippen LogP contribution in [0.1, 0.15) is 0 Å². The summed E-state index contributed by atoms with van der Waals surface area (Å²) in [6.45, 7) is 4.61. The molecule has 0 radical (unpaired) electrons. The molecule has 0 unspecified atom stereocenters. The topological polar surface area (TPSA) is 88.2 Å². The molecule has 0 aliphatic carbocycles. The Morgan fingerprint density at radius 3 is 2.12 bits per heavy atom. The van der Waals surface area contributed by atoms with Crippen LogP contribution in [0.15, 0.2) is 29.2 Å². The largest absolute Gasteiger partial charge is 0.379 e. The Hall–Kier alpha value is -1.52. The molecule has 8 nitrogen and oxygen atoms in total. The summed E-state index contributed by atoms with van der Waals surface area (Å²) in [6.07, 6.45) is 0. The molecule has 1 N–H and O–H groups in total. The number of rotatable bonds is 5. The van der Waals surface area contributed by atoms with E-state index in [0.29, 0.717) is 51.7 Å². The number of nitrogens with zero attached hydrogens (tertiary/aromatic N) is 2. The van der Waals surface area contributed by atoms with Crippen LogP contribution in [0.4, 0.5) is 5.69 Å². The van der Waals surface area contributed by atoms with Gasteiger partial charge in [0.25, 0.3) is 0 Å². The van der Waals surface area contributed by atoms with Crippen molar-refractivity contribution >= 4 is 21.6 Å². The lowest BCUT2D eigenvalue weighted by Gasteiger charge is -2.26. The molecule has 0 spiro atoms. The summed E-state index contributed by atoms with van der Waals surface area (Å²) in [4.78, 5) is 14.3. The monoisotopic (exact) mass is 369 g/mol. The van der Waals surface area contributed by atoms with E-state index in [1.165, 1.54) is 16.4 Å². The summed E-state index contributed by atoms with van der Waals surface area (Å²) in [6, 6.07) is 6.28. The van der Waals surface area contributed by atoms with E-state index in [9.17, 15) is 13.2 Å². The predicted molar refractivity (Wildman–Crippen MR) is 91.9 cm³/mol. The molecular weight excluding hydrogens is 346 g/mol. The normalized spacial score (nSPS) is 20.3. The third kappa shape index (κ3) is 4.77. The zero-order chi connectivity index (χ0) is 17.7. The molecule has 1 aromatic carbocycles. The molecule has 1 amide bonds. The zero-order valence-corrected chi connectivity index (χ0v) is 14.8. The van der Waals surface area contributed by atoms with Crippen LogP contribution in [-0.2, 0) is 24.3 Å². The van der Waals surface area contributed by atoms with E-state index in [-0.39, 0.29) is 10.8 Å². The SMILES string of the molecule is O=C(CN1CCOCC1)Nc1ccc(S(=O)(=O)N2CCOCC2)cc1. The Morgan fingerprint density at radius 1 is 0.960 bits per heavy atom. The van der Waals surface area contributed by atoms with Crippen molar-refractivity contribution < 1.29 is 22.7 Å². The number of benzene rings is 1. The highest BCUT2D eigenvalue weighted by Gasteiger charge is 2.26. The van der Waals surface area contributed by atoms with E-state index in [1.807, 2.05) is 4.90 Å². The number of carbonyl (C=O) groups is 1. The minimum Gasteiger partial charge on any atom is -0.379 e. The Labute approximate surface area is 147 Å². The number of hydrogen-bond donors (Lipinski definition) is 1. The fourth-order valence-electron chi connectivity index (χ4n) is 2.81. The Bertz CT molecular complexity index is 680. The fourth-order valence-corrected chi connectivity index (χ4v) is 4.22. The van der Waals surface area contributed by atoms with Gasteiger partial charge in [-0.15, -0.1) is 0 Å². The lowest BCUT2D eigenvalue weighted by molar-refractivity contribution is -0.118. The molecule has 9 heteroatoms. The van der Waals surface area contributed by atoms with E-state index in [0.717, 1.165) is 13.1 Å². The first-order chi connectivity index (χ1) is 12.1. The number of nitrogens with one attached hydrogen (secondary N) is 1. The van der Waals surface area contributed by atoms with Crippen LogP contribution in [0.2, 0.25) is 0 Å². The summed E-state index contributed by atoms with van der Waals surface area (Å²) >= 11 is 0. The maximum absolute atomic E-state index is 12.5. The summed E-state index contributed by atoms with van der Waals surface area (Å²) < 4.78 is 37.0. The first-order valence-corrected chi connectivity index (χ1v) is 9.77. The molecular formula is C16H23N3O5S. The maximum atomic E-state index is 12.5. The second-order valence-electron chi connectivity index (χ2n) is 5.98. The first-order valence-electron chi connectivity index (χ1n) is 8.33. The van der Waals surface area contributed by atoms with E-state index < -0.39 is 10.0 Å². The lowest BCUT2D eigenvalue weighted by atomic mass is 10.3. The van der Waals surface area contributed by atoms with Crippen molar-refractivity contribution in [3.63, 3.8) is 0 Å². The molecule has 25 heavy (non-hydrogen) atoms. The van der Waals surface area contributed by atoms with Gasteiger partial charge in [-0.2, -0.15) is 4.31 Å². The second-order valence-corrected chi connectivity index (χ2v) is 7.92. The summed E-state index contributed by atoms with van der Waals surface area (Å²) in [7, 11) is -3.51. The van der Waals surface area contributed by atoms with Crippen molar-refractivity contribution in [2.75, 3.05) is 64.5 Å². The molecule has 0 bridgehead atoms. The number of sulfonamides is 1. The van der Waals surface area contributed by atoms with Crippen molar-refractivity contribution in [2.24, 2.45) is 0 Å². The Morgan fingerprint density at radius 2 is 1.52 bits per heavy atom. The standard InChI is InChI=1S/C16H23N3O5S/c20-16(13-18-5-9-23-10-6-18)17-14-1-3-15(4-2-14)25(21,22)19-7-11-24-12-8-19/h1-4H,5-13H2,(H,17,20). The molecule has 2 heterocycles. The first kappa shape index (κ1) is 18.3. The van der Waals surface area contributed by atoms with Crippen LogP contribution in [0.5, 0.6) is 0 Å². The van der Waals surface area contributed by atoms with Crippen LogP contribution in [0, 0.1) is 0 Å². The number of amides is 1. The summed E-state index contributed by atoms with van der Waals surface area (Å²) in [5, 5.41) is 2.80. The van der Waals surface area contributed by atoms with Crippen molar-refractivity contribution in [3.05, 3.63) is 24.3 Å². The van der Waals surface area contributed by atoms with Gasteiger partial charge in [0.05, 0.1) is 37.9 Å². The van der Waals surface area contributed by atoms with Gasteiger partial charge in [0, 0.05) is 31.9 Å². The number of ether oxygens (including phenoxy) is 2. The van der Waals surface area contributed by atoms with Gasteiger partial charge in [-0.1, -0.05) is 0 Å². The highest BCUT2D eigenvalue weighted by Crippen LogP contribution is 2.19. The smallest absolute Gasteiger partial charge is 0.243 e. The van der Waals surface area contributed by atoms with Crippen molar-refractivity contribution in [1.82, 2.24) is 9.21 Å². The zero-order valence-electron chi connectivity index (χ0n) is 14.0. The molecule has 2 aliphatic heterocycles. The molecule has 1 aromatic rings.